The number of carbonyl (C=O) groups is 1. The topological polar surface area (TPSA) is 95.9 Å². The van der Waals surface area contributed by atoms with Crippen LogP contribution in [0, 0.1) is 13.8 Å². The summed E-state index contributed by atoms with van der Waals surface area (Å²) in [6.07, 6.45) is 0. The van der Waals surface area contributed by atoms with Crippen molar-refractivity contribution in [3.63, 3.8) is 0 Å². The molecule has 0 radical (unpaired) electrons. The van der Waals surface area contributed by atoms with E-state index in [-0.39, 0.29) is 33.5 Å². The van der Waals surface area contributed by atoms with Crippen molar-refractivity contribution in [1.82, 2.24) is 4.57 Å². The van der Waals surface area contributed by atoms with Crippen LogP contribution in [-0.4, -0.2) is 39.8 Å². The smallest absolute Gasteiger partial charge is 0.341 e. The molecule has 0 aliphatic rings. The number of esters is 1. The zero-order chi connectivity index (χ0) is 21.2. The first-order valence-electron chi connectivity index (χ1n) is 8.36. The zero-order valence-electron chi connectivity index (χ0n) is 16.5. The molecular formula is C18H23ClN2O6S. The maximum atomic E-state index is 13.2. The standard InChI is InChI=1S/C18H23ClN2O6S/c1-7-27-18(22)15-10(2)21(4)11(3)17(15)28(23,24)20-16-13(19)8-12(25-5)9-14(16)26-6/h8-9,20H,7H2,1-6H3. The summed E-state index contributed by atoms with van der Waals surface area (Å²) in [7, 11) is 0.318. The number of benzene rings is 1. The third-order valence-electron chi connectivity index (χ3n) is 4.39. The first-order chi connectivity index (χ1) is 13.1. The number of aromatic nitrogens is 1. The Labute approximate surface area is 169 Å². The van der Waals surface area contributed by atoms with Crippen LogP contribution in [0.5, 0.6) is 11.5 Å². The van der Waals surface area contributed by atoms with Crippen LogP contribution >= 0.6 is 11.6 Å². The second-order valence-electron chi connectivity index (χ2n) is 5.95. The quantitative estimate of drug-likeness (QED) is 0.677. The van der Waals surface area contributed by atoms with Gasteiger partial charge >= 0.3 is 5.97 Å². The Morgan fingerprint density at radius 2 is 1.82 bits per heavy atom. The van der Waals surface area contributed by atoms with Gasteiger partial charge in [-0.1, -0.05) is 11.6 Å². The number of nitrogens with one attached hydrogen (secondary N) is 1. The predicted molar refractivity (Wildman–Crippen MR) is 106 cm³/mol. The molecule has 0 bridgehead atoms. The van der Waals surface area contributed by atoms with Gasteiger partial charge in [0, 0.05) is 30.6 Å². The van der Waals surface area contributed by atoms with E-state index in [0.717, 1.165) is 0 Å². The van der Waals surface area contributed by atoms with Gasteiger partial charge < -0.3 is 18.8 Å². The molecule has 154 valence electrons. The first-order valence-corrected chi connectivity index (χ1v) is 10.2. The minimum Gasteiger partial charge on any atom is -0.497 e. The van der Waals surface area contributed by atoms with Crippen molar-refractivity contribution in [2.24, 2.45) is 7.05 Å². The van der Waals surface area contributed by atoms with E-state index in [2.05, 4.69) is 4.72 Å². The number of ether oxygens (including phenoxy) is 3. The van der Waals surface area contributed by atoms with Crippen molar-refractivity contribution < 1.29 is 27.4 Å². The van der Waals surface area contributed by atoms with Crippen LogP contribution < -0.4 is 14.2 Å². The van der Waals surface area contributed by atoms with Crippen LogP contribution in [0.4, 0.5) is 5.69 Å². The van der Waals surface area contributed by atoms with Crippen LogP contribution in [0.3, 0.4) is 0 Å². The molecule has 0 unspecified atom stereocenters. The Kier molecular flexibility index (Phi) is 6.51. The van der Waals surface area contributed by atoms with E-state index in [9.17, 15) is 13.2 Å². The second kappa shape index (κ2) is 8.32. The van der Waals surface area contributed by atoms with E-state index in [1.54, 1.807) is 32.4 Å². The Morgan fingerprint density at radius 3 is 2.36 bits per heavy atom. The van der Waals surface area contributed by atoms with Crippen molar-refractivity contribution >= 4 is 33.3 Å². The number of hydrogen-bond acceptors (Lipinski definition) is 6. The first kappa shape index (κ1) is 21.9. The van der Waals surface area contributed by atoms with E-state index in [0.29, 0.717) is 17.1 Å². The number of nitrogens with zero attached hydrogens (tertiary/aromatic N) is 1. The molecule has 28 heavy (non-hydrogen) atoms. The lowest BCUT2D eigenvalue weighted by atomic mass is 10.2. The summed E-state index contributed by atoms with van der Waals surface area (Å²) in [5, 5.41) is 0.0859. The van der Waals surface area contributed by atoms with E-state index >= 15 is 0 Å². The summed E-state index contributed by atoms with van der Waals surface area (Å²) in [5.74, 6) is -0.128. The van der Waals surface area contributed by atoms with Gasteiger partial charge in [-0.2, -0.15) is 0 Å². The average molecular weight is 431 g/mol. The lowest BCUT2D eigenvalue weighted by Crippen LogP contribution is -2.18. The summed E-state index contributed by atoms with van der Waals surface area (Å²) >= 11 is 6.23. The monoisotopic (exact) mass is 430 g/mol. The van der Waals surface area contributed by atoms with Crippen LogP contribution in [0.2, 0.25) is 5.02 Å². The number of rotatable bonds is 7. The molecule has 0 amide bonds. The van der Waals surface area contributed by atoms with E-state index < -0.39 is 16.0 Å². The number of sulfonamides is 1. The molecule has 0 saturated heterocycles. The summed E-state index contributed by atoms with van der Waals surface area (Å²) in [6.45, 7) is 5.03. The number of carbonyl (C=O) groups excluding carboxylic acids is 1. The fraction of sp³-hybridized carbons (Fsp3) is 0.389. The molecule has 0 aliphatic carbocycles. The fourth-order valence-corrected chi connectivity index (χ4v) is 4.72. The third-order valence-corrected chi connectivity index (χ3v) is 6.20. The molecule has 0 aliphatic heterocycles. The molecular weight excluding hydrogens is 408 g/mol. The van der Waals surface area contributed by atoms with E-state index in [1.807, 2.05) is 0 Å². The van der Waals surface area contributed by atoms with Gasteiger partial charge in [0.25, 0.3) is 10.0 Å². The largest absolute Gasteiger partial charge is 0.497 e. The number of hydrogen-bond donors (Lipinski definition) is 1. The molecule has 10 heteroatoms. The Balaban J connectivity index is 2.65. The highest BCUT2D eigenvalue weighted by Crippen LogP contribution is 2.39. The van der Waals surface area contributed by atoms with Crippen molar-refractivity contribution in [2.75, 3.05) is 25.5 Å². The molecule has 1 aromatic heterocycles. The highest BCUT2D eigenvalue weighted by molar-refractivity contribution is 7.92. The van der Waals surface area contributed by atoms with Gasteiger partial charge in [-0.25, -0.2) is 13.2 Å². The van der Waals surface area contributed by atoms with Crippen molar-refractivity contribution in [1.29, 1.82) is 0 Å². The van der Waals surface area contributed by atoms with Gasteiger partial charge in [-0.15, -0.1) is 0 Å². The number of halogens is 1. The molecule has 2 aromatic rings. The zero-order valence-corrected chi connectivity index (χ0v) is 18.1. The SMILES string of the molecule is CCOC(=O)c1c(S(=O)(=O)Nc2c(Cl)cc(OC)cc2OC)c(C)n(C)c1C. The maximum absolute atomic E-state index is 13.2. The van der Waals surface area contributed by atoms with Crippen molar-refractivity contribution in [2.45, 2.75) is 25.7 Å². The minimum absolute atomic E-state index is 0.0158. The third kappa shape index (κ3) is 3.90. The van der Waals surface area contributed by atoms with Gasteiger partial charge in [-0.3, -0.25) is 4.72 Å². The Hall–Kier alpha value is -2.39. The van der Waals surface area contributed by atoms with Gasteiger partial charge in [0.15, 0.2) is 0 Å². The summed E-state index contributed by atoms with van der Waals surface area (Å²) in [4.78, 5) is 12.3. The molecule has 1 N–H and O–H groups in total. The highest BCUT2D eigenvalue weighted by atomic mass is 35.5. The van der Waals surface area contributed by atoms with Gasteiger partial charge in [-0.05, 0) is 20.8 Å². The molecule has 0 atom stereocenters. The van der Waals surface area contributed by atoms with Crippen LogP contribution in [0.1, 0.15) is 28.7 Å². The highest BCUT2D eigenvalue weighted by Gasteiger charge is 2.32. The minimum atomic E-state index is -4.19. The molecule has 0 fully saturated rings. The Morgan fingerprint density at radius 1 is 1.18 bits per heavy atom. The number of anilines is 1. The predicted octanol–water partition coefficient (Wildman–Crippen LogP) is 3.29. The van der Waals surface area contributed by atoms with Gasteiger partial charge in [0.2, 0.25) is 0 Å². The van der Waals surface area contributed by atoms with E-state index in [4.69, 9.17) is 25.8 Å². The van der Waals surface area contributed by atoms with Crippen LogP contribution in [0.25, 0.3) is 0 Å². The normalized spacial score (nSPS) is 11.2. The fourth-order valence-electron chi connectivity index (χ4n) is 2.81. The van der Waals surface area contributed by atoms with Crippen LogP contribution in [-0.2, 0) is 21.8 Å². The second-order valence-corrected chi connectivity index (χ2v) is 7.97. The summed E-state index contributed by atoms with van der Waals surface area (Å²) < 4.78 is 45.9. The molecule has 0 spiro atoms. The average Bonchev–Trinajstić information content (AvgIpc) is 2.88. The molecule has 0 saturated carbocycles. The number of methoxy groups -OCH3 is 2. The Bertz CT molecular complexity index is 1010. The van der Waals surface area contributed by atoms with Gasteiger partial charge in [0.1, 0.15) is 27.6 Å². The molecule has 2 rings (SSSR count). The lowest BCUT2D eigenvalue weighted by molar-refractivity contribution is 0.0521. The molecule has 1 heterocycles. The van der Waals surface area contributed by atoms with Crippen molar-refractivity contribution in [3.8, 4) is 11.5 Å². The molecule has 8 nitrogen and oxygen atoms in total. The van der Waals surface area contributed by atoms with Crippen LogP contribution in [0.15, 0.2) is 17.0 Å². The maximum Gasteiger partial charge on any atom is 0.341 e. The van der Waals surface area contributed by atoms with Crippen molar-refractivity contribution in [3.05, 3.63) is 34.1 Å². The summed E-state index contributed by atoms with van der Waals surface area (Å²) in [5.41, 5.74) is 0.888. The summed E-state index contributed by atoms with van der Waals surface area (Å²) in [6, 6.07) is 2.95. The lowest BCUT2D eigenvalue weighted by Gasteiger charge is -2.15. The van der Waals surface area contributed by atoms with Gasteiger partial charge in [0.05, 0.1) is 25.8 Å². The molecule has 1 aromatic carbocycles. The van der Waals surface area contributed by atoms with E-state index in [1.165, 1.54) is 26.4 Å².